The van der Waals surface area contributed by atoms with E-state index < -0.39 is 11.5 Å². The highest BCUT2D eigenvalue weighted by Crippen LogP contribution is 2.44. The van der Waals surface area contributed by atoms with E-state index >= 15 is 0 Å². The standard InChI is InChI=1S/C25H22ClNO3/c1-16-11-12-17(2)19(13-16)23(28)14-25(30)20-8-4-6-10-22(20)27(24(25)29)15-18-7-3-5-9-21(18)26/h3-13,30H,14-15H2,1-2H3/t25-/m0/s1. The Hall–Kier alpha value is -2.95. The van der Waals surface area contributed by atoms with E-state index in [0.29, 0.717) is 21.8 Å². The third-order valence-electron chi connectivity index (χ3n) is 5.64. The maximum Gasteiger partial charge on any atom is 0.264 e. The number of carbonyl (C=O) groups is 2. The molecule has 3 aromatic carbocycles. The molecule has 0 saturated carbocycles. The van der Waals surface area contributed by atoms with E-state index in [9.17, 15) is 14.7 Å². The minimum Gasteiger partial charge on any atom is -0.375 e. The molecule has 5 heteroatoms. The third kappa shape index (κ3) is 3.42. The molecule has 0 spiro atoms. The van der Waals surface area contributed by atoms with Gasteiger partial charge in [0.2, 0.25) is 0 Å². The van der Waals surface area contributed by atoms with Gasteiger partial charge >= 0.3 is 0 Å². The second-order valence-corrected chi connectivity index (χ2v) is 8.19. The quantitative estimate of drug-likeness (QED) is 0.594. The highest BCUT2D eigenvalue weighted by Gasteiger charge is 2.50. The summed E-state index contributed by atoms with van der Waals surface area (Å²) in [7, 11) is 0. The van der Waals surface area contributed by atoms with Crippen molar-refractivity contribution in [3.05, 3.63) is 99.6 Å². The van der Waals surface area contributed by atoms with Crippen LogP contribution < -0.4 is 4.90 Å². The van der Waals surface area contributed by atoms with E-state index in [1.165, 1.54) is 4.90 Å². The molecule has 30 heavy (non-hydrogen) atoms. The van der Waals surface area contributed by atoms with Gasteiger partial charge in [0.1, 0.15) is 0 Å². The number of benzene rings is 3. The summed E-state index contributed by atoms with van der Waals surface area (Å²) in [6.07, 6.45) is -0.313. The van der Waals surface area contributed by atoms with Gasteiger partial charge in [-0.3, -0.25) is 9.59 Å². The van der Waals surface area contributed by atoms with Crippen LogP contribution in [0.5, 0.6) is 0 Å². The molecule has 0 aliphatic carbocycles. The molecule has 0 aromatic heterocycles. The predicted molar refractivity (Wildman–Crippen MR) is 118 cm³/mol. The van der Waals surface area contributed by atoms with Gasteiger partial charge in [0, 0.05) is 16.1 Å². The molecule has 1 aliphatic heterocycles. The van der Waals surface area contributed by atoms with E-state index in [-0.39, 0.29) is 18.7 Å². The van der Waals surface area contributed by atoms with E-state index in [0.717, 1.165) is 16.7 Å². The molecule has 3 aromatic rings. The summed E-state index contributed by atoms with van der Waals surface area (Å²) in [6, 6.07) is 19.9. The highest BCUT2D eigenvalue weighted by molar-refractivity contribution is 6.31. The van der Waals surface area contributed by atoms with Crippen LogP contribution in [0.1, 0.15) is 39.0 Å². The number of para-hydroxylation sites is 1. The van der Waals surface area contributed by atoms with Crippen LogP contribution >= 0.6 is 11.6 Å². The van der Waals surface area contributed by atoms with Gasteiger partial charge < -0.3 is 10.0 Å². The number of nitrogens with zero attached hydrogens (tertiary/aromatic N) is 1. The topological polar surface area (TPSA) is 57.6 Å². The minimum atomic E-state index is -1.91. The average Bonchev–Trinajstić information content (AvgIpc) is 2.93. The number of fused-ring (bicyclic) bond motifs is 1. The maximum absolute atomic E-state index is 13.4. The molecule has 1 amide bonds. The second-order valence-electron chi connectivity index (χ2n) is 7.78. The first-order valence-corrected chi connectivity index (χ1v) is 10.2. The number of Topliss-reactive ketones (excluding diaryl/α,β-unsaturated/α-hetero) is 1. The summed E-state index contributed by atoms with van der Waals surface area (Å²) < 4.78 is 0. The number of rotatable bonds is 5. The van der Waals surface area contributed by atoms with Crippen LogP contribution in [0.2, 0.25) is 5.02 Å². The van der Waals surface area contributed by atoms with Crippen LogP contribution in [0.15, 0.2) is 66.7 Å². The summed E-state index contributed by atoms with van der Waals surface area (Å²) >= 11 is 6.29. The van der Waals surface area contributed by atoms with E-state index in [1.807, 2.05) is 50.2 Å². The molecule has 1 heterocycles. The zero-order valence-corrected chi connectivity index (χ0v) is 17.6. The molecule has 4 rings (SSSR count). The fraction of sp³-hybridized carbons (Fsp3) is 0.200. The number of aliphatic hydroxyl groups is 1. The Bertz CT molecular complexity index is 1160. The molecule has 152 valence electrons. The zero-order valence-electron chi connectivity index (χ0n) is 16.9. The van der Waals surface area contributed by atoms with Gasteiger partial charge in [-0.2, -0.15) is 0 Å². The number of anilines is 1. The summed E-state index contributed by atoms with van der Waals surface area (Å²) in [5.74, 6) is -0.774. The van der Waals surface area contributed by atoms with Crippen LogP contribution in [-0.4, -0.2) is 16.8 Å². The molecule has 0 fully saturated rings. The van der Waals surface area contributed by atoms with Crippen molar-refractivity contribution >= 4 is 29.0 Å². The van der Waals surface area contributed by atoms with E-state index in [4.69, 9.17) is 11.6 Å². The Labute approximate surface area is 180 Å². The van der Waals surface area contributed by atoms with Gasteiger partial charge in [-0.15, -0.1) is 0 Å². The average molecular weight is 420 g/mol. The molecule has 0 unspecified atom stereocenters. The molecule has 1 aliphatic rings. The fourth-order valence-corrected chi connectivity index (χ4v) is 4.19. The predicted octanol–water partition coefficient (Wildman–Crippen LogP) is 4.96. The highest BCUT2D eigenvalue weighted by atomic mass is 35.5. The SMILES string of the molecule is Cc1ccc(C)c(C(=O)C[C@@]2(O)C(=O)N(Cc3ccccc3Cl)c3ccccc32)c1. The third-order valence-corrected chi connectivity index (χ3v) is 6.00. The van der Waals surface area contributed by atoms with Crippen LogP contribution in [0.25, 0.3) is 0 Å². The Morgan fingerprint density at radius 2 is 1.73 bits per heavy atom. The monoisotopic (exact) mass is 419 g/mol. The van der Waals surface area contributed by atoms with Crippen molar-refractivity contribution in [2.75, 3.05) is 4.90 Å². The van der Waals surface area contributed by atoms with Crippen molar-refractivity contribution in [3.63, 3.8) is 0 Å². The summed E-state index contributed by atoms with van der Waals surface area (Å²) in [5, 5.41) is 12.0. The molecule has 0 radical (unpaired) electrons. The lowest BCUT2D eigenvalue weighted by atomic mass is 9.87. The first-order valence-electron chi connectivity index (χ1n) is 9.79. The maximum atomic E-state index is 13.4. The molecule has 1 atom stereocenters. The lowest BCUT2D eigenvalue weighted by Crippen LogP contribution is -2.41. The normalized spacial score (nSPS) is 17.9. The number of amides is 1. The number of aryl methyl sites for hydroxylation is 2. The number of carbonyl (C=O) groups excluding carboxylic acids is 2. The van der Waals surface area contributed by atoms with Gasteiger partial charge in [0.05, 0.1) is 18.7 Å². The van der Waals surface area contributed by atoms with Crippen LogP contribution in [0, 0.1) is 13.8 Å². The summed E-state index contributed by atoms with van der Waals surface area (Å²) in [6.45, 7) is 3.98. The first-order chi connectivity index (χ1) is 14.3. The lowest BCUT2D eigenvalue weighted by molar-refractivity contribution is -0.136. The molecule has 4 nitrogen and oxygen atoms in total. The Balaban J connectivity index is 1.71. The number of hydrogen-bond donors (Lipinski definition) is 1. The fourth-order valence-electron chi connectivity index (χ4n) is 4.00. The smallest absolute Gasteiger partial charge is 0.264 e. The molecular formula is C25H22ClNO3. The van der Waals surface area contributed by atoms with Crippen molar-refractivity contribution in [3.8, 4) is 0 Å². The van der Waals surface area contributed by atoms with Crippen LogP contribution in [-0.2, 0) is 16.9 Å². The van der Waals surface area contributed by atoms with Crippen molar-refractivity contribution in [2.45, 2.75) is 32.4 Å². The molecular weight excluding hydrogens is 398 g/mol. The Kier molecular flexibility index (Phi) is 5.22. The molecule has 0 saturated heterocycles. The van der Waals surface area contributed by atoms with Gasteiger partial charge in [-0.05, 0) is 43.2 Å². The van der Waals surface area contributed by atoms with E-state index in [1.54, 1.807) is 30.3 Å². The first kappa shape index (κ1) is 20.3. The second kappa shape index (κ2) is 7.71. The van der Waals surface area contributed by atoms with Gasteiger partial charge in [0.15, 0.2) is 11.4 Å². The summed E-state index contributed by atoms with van der Waals surface area (Å²) in [4.78, 5) is 28.0. The Morgan fingerprint density at radius 1 is 1.03 bits per heavy atom. The molecule has 1 N–H and O–H groups in total. The minimum absolute atomic E-state index is 0.218. The number of ketones is 1. The Morgan fingerprint density at radius 3 is 2.50 bits per heavy atom. The van der Waals surface area contributed by atoms with Crippen LogP contribution in [0.3, 0.4) is 0 Å². The van der Waals surface area contributed by atoms with Crippen molar-refractivity contribution in [2.24, 2.45) is 0 Å². The molecule has 0 bridgehead atoms. The van der Waals surface area contributed by atoms with Crippen LogP contribution in [0.4, 0.5) is 5.69 Å². The van der Waals surface area contributed by atoms with Crippen molar-refractivity contribution < 1.29 is 14.7 Å². The van der Waals surface area contributed by atoms with E-state index in [2.05, 4.69) is 0 Å². The largest absolute Gasteiger partial charge is 0.375 e. The van der Waals surface area contributed by atoms with Gasteiger partial charge in [0.25, 0.3) is 5.91 Å². The number of halogens is 1. The lowest BCUT2D eigenvalue weighted by Gasteiger charge is -2.23. The van der Waals surface area contributed by atoms with Crippen molar-refractivity contribution in [1.29, 1.82) is 0 Å². The number of hydrogen-bond acceptors (Lipinski definition) is 3. The van der Waals surface area contributed by atoms with Crippen molar-refractivity contribution in [1.82, 2.24) is 0 Å². The van der Waals surface area contributed by atoms with Gasteiger partial charge in [-0.25, -0.2) is 0 Å². The zero-order chi connectivity index (χ0) is 21.5. The van der Waals surface area contributed by atoms with Gasteiger partial charge in [-0.1, -0.05) is 65.7 Å². The summed E-state index contributed by atoms with van der Waals surface area (Å²) in [5.41, 5.74) is 2.20.